The molecule has 0 heterocycles. The third-order valence-electron chi connectivity index (χ3n) is 5.44. The van der Waals surface area contributed by atoms with E-state index < -0.39 is 65.8 Å². The average molecular weight is 539 g/mol. The predicted octanol–water partition coefficient (Wildman–Crippen LogP) is -3.29. The molecule has 0 aliphatic rings. The van der Waals surface area contributed by atoms with Crippen molar-refractivity contribution < 1.29 is 44.1 Å². The van der Waals surface area contributed by atoms with Gasteiger partial charge in [-0.15, -0.1) is 0 Å². The fraction of sp³-hybridized carbons (Fsp3) is 0.478. The first-order valence-corrected chi connectivity index (χ1v) is 11.6. The molecule has 0 aromatic heterocycles. The van der Waals surface area contributed by atoms with E-state index in [0.717, 1.165) is 0 Å². The Morgan fingerprint density at radius 2 is 1.24 bits per heavy atom. The molecule has 15 nitrogen and oxygen atoms in total. The lowest BCUT2D eigenvalue weighted by Crippen LogP contribution is -2.58. The Labute approximate surface area is 218 Å². The van der Waals surface area contributed by atoms with E-state index in [-0.39, 0.29) is 37.9 Å². The molecule has 210 valence electrons. The third kappa shape index (κ3) is 11.2. The SMILES string of the molecule is CC(O)C(N)C(=O)NC(CCC(N)=O)C(=O)NC(Cc1ccc(O)cc1)C(=O)NC(CCC(N)=O)C(=O)O. The van der Waals surface area contributed by atoms with Crippen LogP contribution in [0.1, 0.15) is 38.2 Å². The highest BCUT2D eigenvalue weighted by Gasteiger charge is 2.31. The number of carboxylic acid groups (broad SMARTS) is 1. The molecular weight excluding hydrogens is 504 g/mol. The molecule has 0 bridgehead atoms. The van der Waals surface area contributed by atoms with Crippen LogP contribution in [0.4, 0.5) is 0 Å². The van der Waals surface area contributed by atoms with Crippen molar-refractivity contribution in [2.45, 2.75) is 69.3 Å². The quantitative estimate of drug-likeness (QED) is 0.101. The van der Waals surface area contributed by atoms with E-state index >= 15 is 0 Å². The lowest BCUT2D eigenvalue weighted by Gasteiger charge is -2.25. The summed E-state index contributed by atoms with van der Waals surface area (Å²) in [5, 5.41) is 35.5. The second kappa shape index (κ2) is 15.1. The number of benzene rings is 1. The van der Waals surface area contributed by atoms with Crippen LogP contribution >= 0.6 is 0 Å². The Morgan fingerprint density at radius 1 is 0.789 bits per heavy atom. The number of hydrogen-bond acceptors (Lipinski definition) is 9. The lowest BCUT2D eigenvalue weighted by atomic mass is 10.0. The number of phenols is 1. The number of phenolic OH excluding ortho intramolecular Hbond substituents is 1. The normalized spacial score (nSPS) is 14.7. The minimum absolute atomic E-state index is 0.0557. The number of nitrogens with one attached hydrogen (secondary N) is 3. The Balaban J connectivity index is 3.19. The van der Waals surface area contributed by atoms with Crippen molar-refractivity contribution in [2.75, 3.05) is 0 Å². The Hall–Kier alpha value is -4.24. The fourth-order valence-corrected chi connectivity index (χ4v) is 3.21. The monoisotopic (exact) mass is 538 g/mol. The van der Waals surface area contributed by atoms with Gasteiger partial charge in [-0.25, -0.2) is 4.79 Å². The average Bonchev–Trinajstić information content (AvgIpc) is 2.83. The molecule has 12 N–H and O–H groups in total. The number of carbonyl (C=O) groups excluding carboxylic acids is 5. The number of aromatic hydroxyl groups is 1. The summed E-state index contributed by atoms with van der Waals surface area (Å²) in [6.07, 6.45) is -2.61. The van der Waals surface area contributed by atoms with Crippen LogP contribution in [0.3, 0.4) is 0 Å². The van der Waals surface area contributed by atoms with Crippen LogP contribution in [0.15, 0.2) is 24.3 Å². The Morgan fingerprint density at radius 3 is 1.71 bits per heavy atom. The van der Waals surface area contributed by atoms with Gasteiger partial charge < -0.3 is 48.5 Å². The molecule has 5 atom stereocenters. The summed E-state index contributed by atoms with van der Waals surface area (Å²) in [5.41, 5.74) is 16.3. The summed E-state index contributed by atoms with van der Waals surface area (Å²) < 4.78 is 0. The maximum atomic E-state index is 13.1. The fourth-order valence-electron chi connectivity index (χ4n) is 3.21. The maximum absolute atomic E-state index is 13.1. The van der Waals surface area contributed by atoms with E-state index in [0.29, 0.717) is 5.56 Å². The Bertz CT molecular complexity index is 1020. The molecule has 0 radical (unpaired) electrons. The first kappa shape index (κ1) is 31.8. The molecular formula is C23H34N6O9. The largest absolute Gasteiger partial charge is 0.508 e. The highest BCUT2D eigenvalue weighted by atomic mass is 16.4. The minimum atomic E-state index is -1.50. The number of aliphatic hydroxyl groups excluding tert-OH is 1. The molecule has 0 aliphatic carbocycles. The van der Waals surface area contributed by atoms with Gasteiger partial charge in [0.25, 0.3) is 0 Å². The minimum Gasteiger partial charge on any atom is -0.508 e. The van der Waals surface area contributed by atoms with Gasteiger partial charge in [-0.1, -0.05) is 12.1 Å². The van der Waals surface area contributed by atoms with E-state index in [4.69, 9.17) is 17.2 Å². The first-order chi connectivity index (χ1) is 17.7. The van der Waals surface area contributed by atoms with E-state index in [2.05, 4.69) is 16.0 Å². The van der Waals surface area contributed by atoms with Crippen molar-refractivity contribution in [3.8, 4) is 5.75 Å². The van der Waals surface area contributed by atoms with Crippen LogP contribution in [0, 0.1) is 0 Å². The highest BCUT2D eigenvalue weighted by Crippen LogP contribution is 2.12. The predicted molar refractivity (Wildman–Crippen MR) is 132 cm³/mol. The number of nitrogens with two attached hydrogens (primary N) is 3. The number of carboxylic acids is 1. The van der Waals surface area contributed by atoms with Crippen molar-refractivity contribution in [2.24, 2.45) is 17.2 Å². The molecule has 0 aliphatic heterocycles. The standard InChI is InChI=1S/C23H34N6O9/c1-11(30)19(26)22(36)27-14(6-8-17(24)32)20(34)29-16(10-12-2-4-13(31)5-3-12)21(35)28-15(23(37)38)7-9-18(25)33/h2-5,11,14-16,19,30-31H,6-10,26H2,1H3,(H2,24,32)(H2,25,33)(H,27,36)(H,28,35)(H,29,34)(H,37,38). The molecule has 0 spiro atoms. The van der Waals surface area contributed by atoms with Crippen molar-refractivity contribution >= 4 is 35.5 Å². The molecule has 1 rings (SSSR count). The zero-order valence-corrected chi connectivity index (χ0v) is 20.8. The van der Waals surface area contributed by atoms with Crippen LogP contribution < -0.4 is 33.2 Å². The van der Waals surface area contributed by atoms with Crippen LogP contribution in [0.5, 0.6) is 5.75 Å². The molecule has 1 aromatic rings. The van der Waals surface area contributed by atoms with Crippen molar-refractivity contribution in [3.05, 3.63) is 29.8 Å². The number of hydrogen-bond donors (Lipinski definition) is 9. The molecule has 0 saturated heterocycles. The van der Waals surface area contributed by atoms with Crippen LogP contribution in [0.25, 0.3) is 0 Å². The van der Waals surface area contributed by atoms with E-state index in [1.54, 1.807) is 0 Å². The van der Waals surface area contributed by atoms with Crippen molar-refractivity contribution in [1.29, 1.82) is 0 Å². The van der Waals surface area contributed by atoms with Gasteiger partial charge in [0.15, 0.2) is 0 Å². The maximum Gasteiger partial charge on any atom is 0.326 e. The Kier molecular flexibility index (Phi) is 12.6. The van der Waals surface area contributed by atoms with Gasteiger partial charge in [-0.3, -0.25) is 24.0 Å². The van der Waals surface area contributed by atoms with Crippen molar-refractivity contribution in [3.63, 3.8) is 0 Å². The van der Waals surface area contributed by atoms with Crippen LogP contribution in [-0.2, 0) is 35.2 Å². The summed E-state index contributed by atoms with van der Waals surface area (Å²) >= 11 is 0. The molecule has 0 fully saturated rings. The van der Waals surface area contributed by atoms with Gasteiger partial charge in [0.1, 0.15) is 29.9 Å². The van der Waals surface area contributed by atoms with Gasteiger partial charge in [0.2, 0.25) is 29.5 Å². The zero-order valence-electron chi connectivity index (χ0n) is 20.8. The molecule has 1 aromatic carbocycles. The molecule has 0 saturated carbocycles. The smallest absolute Gasteiger partial charge is 0.326 e. The van der Waals surface area contributed by atoms with Gasteiger partial charge >= 0.3 is 5.97 Å². The number of amides is 5. The van der Waals surface area contributed by atoms with E-state index in [1.807, 2.05) is 0 Å². The van der Waals surface area contributed by atoms with E-state index in [9.17, 15) is 44.1 Å². The lowest BCUT2D eigenvalue weighted by molar-refractivity contribution is -0.142. The van der Waals surface area contributed by atoms with E-state index in [1.165, 1.54) is 31.2 Å². The molecule has 5 unspecified atom stereocenters. The van der Waals surface area contributed by atoms with Crippen LogP contribution in [0.2, 0.25) is 0 Å². The number of rotatable bonds is 16. The van der Waals surface area contributed by atoms with Gasteiger partial charge in [0.05, 0.1) is 6.10 Å². The van der Waals surface area contributed by atoms with Gasteiger partial charge in [-0.2, -0.15) is 0 Å². The summed E-state index contributed by atoms with van der Waals surface area (Å²) in [4.78, 5) is 72.4. The zero-order chi connectivity index (χ0) is 29.0. The first-order valence-electron chi connectivity index (χ1n) is 11.6. The van der Waals surface area contributed by atoms with Crippen LogP contribution in [-0.4, -0.2) is 81.1 Å². The molecule has 15 heteroatoms. The summed E-state index contributed by atoms with van der Waals surface area (Å²) in [6, 6.07) is -0.0468. The number of carbonyl (C=O) groups is 6. The number of aliphatic hydroxyl groups is 1. The third-order valence-corrected chi connectivity index (χ3v) is 5.44. The molecule has 5 amide bonds. The topological polar surface area (TPSA) is 277 Å². The summed E-state index contributed by atoms with van der Waals surface area (Å²) in [7, 11) is 0. The summed E-state index contributed by atoms with van der Waals surface area (Å²) in [5.74, 6) is -5.78. The van der Waals surface area contributed by atoms with Gasteiger partial charge in [-0.05, 0) is 37.5 Å². The highest BCUT2D eigenvalue weighted by molar-refractivity contribution is 5.94. The molecule has 38 heavy (non-hydrogen) atoms. The second-order valence-corrected chi connectivity index (χ2v) is 8.67. The number of aliphatic carboxylic acids is 1. The van der Waals surface area contributed by atoms with Gasteiger partial charge in [0, 0.05) is 19.3 Å². The second-order valence-electron chi connectivity index (χ2n) is 8.67. The van der Waals surface area contributed by atoms with Crippen molar-refractivity contribution in [1.82, 2.24) is 16.0 Å². The number of primary amides is 2. The summed E-state index contributed by atoms with van der Waals surface area (Å²) in [6.45, 7) is 1.26.